The average molecular weight is 546 g/mol. The van der Waals surface area contributed by atoms with Gasteiger partial charge >= 0.3 is 0 Å². The third-order valence-electron chi connectivity index (χ3n) is 6.13. The van der Waals surface area contributed by atoms with Gasteiger partial charge in [0.1, 0.15) is 11.8 Å². The van der Waals surface area contributed by atoms with Crippen molar-refractivity contribution < 1.29 is 22.7 Å². The fourth-order valence-electron chi connectivity index (χ4n) is 4.11. The normalized spacial score (nSPS) is 12.2. The molecule has 0 bridgehead atoms. The lowest BCUT2D eigenvalue weighted by atomic mass is 10.1. The van der Waals surface area contributed by atoms with Crippen molar-refractivity contribution in [1.29, 1.82) is 0 Å². The van der Waals surface area contributed by atoms with Crippen LogP contribution in [-0.4, -0.2) is 57.1 Å². The number of nitrogens with one attached hydrogen (secondary N) is 1. The summed E-state index contributed by atoms with van der Waals surface area (Å²) >= 11 is 0. The molecule has 0 unspecified atom stereocenters. The summed E-state index contributed by atoms with van der Waals surface area (Å²) < 4.78 is 31.8. The van der Waals surface area contributed by atoms with Crippen molar-refractivity contribution in [3.05, 3.63) is 59.7 Å². The van der Waals surface area contributed by atoms with Crippen molar-refractivity contribution in [3.8, 4) is 5.75 Å². The highest BCUT2D eigenvalue weighted by atomic mass is 32.2. The number of sulfonamides is 1. The molecule has 0 radical (unpaired) electrons. The molecule has 0 aliphatic heterocycles. The van der Waals surface area contributed by atoms with Crippen molar-refractivity contribution in [2.24, 2.45) is 5.92 Å². The monoisotopic (exact) mass is 545 g/mol. The van der Waals surface area contributed by atoms with Crippen molar-refractivity contribution in [2.75, 3.05) is 30.3 Å². The third-order valence-corrected chi connectivity index (χ3v) is 7.33. The van der Waals surface area contributed by atoms with Gasteiger partial charge in [0.05, 0.1) is 18.6 Å². The van der Waals surface area contributed by atoms with Crippen LogP contribution in [0.15, 0.2) is 48.5 Å². The molecule has 0 aliphatic carbocycles. The Morgan fingerprint density at radius 3 is 2.16 bits per heavy atom. The molecule has 1 N–H and O–H groups in total. The lowest BCUT2D eigenvalue weighted by molar-refractivity contribution is -0.141. The van der Waals surface area contributed by atoms with Gasteiger partial charge < -0.3 is 15.0 Å². The highest BCUT2D eigenvalue weighted by Gasteiger charge is 2.29. The Hall–Kier alpha value is -3.07. The van der Waals surface area contributed by atoms with Gasteiger partial charge in [-0.3, -0.25) is 13.9 Å². The number of hydrogen-bond acceptors (Lipinski definition) is 5. The SMILES string of the molecule is CCOc1ccc(N(CCCC(=O)N(Cc2ccc(C)cc2)[C@@H](CC)C(=O)NCC(C)C)S(C)(=O)=O)cc1. The quantitative estimate of drug-likeness (QED) is 0.355. The van der Waals surface area contributed by atoms with Gasteiger partial charge in [-0.2, -0.15) is 0 Å². The predicted molar refractivity (Wildman–Crippen MR) is 153 cm³/mol. The fraction of sp³-hybridized carbons (Fsp3) is 0.517. The van der Waals surface area contributed by atoms with E-state index in [1.54, 1.807) is 29.2 Å². The molecule has 2 amide bonds. The Balaban J connectivity index is 2.19. The molecule has 2 rings (SSSR count). The lowest BCUT2D eigenvalue weighted by Crippen LogP contribution is -2.49. The standard InChI is InChI=1S/C29H43N3O5S/c1-7-27(29(34)30-20-22(3)4)31(21-24-13-11-23(5)12-14-24)28(33)10-9-19-32(38(6,35)36)25-15-17-26(18-16-25)37-8-2/h11-18,22,27H,7-10,19-21H2,1-6H3,(H,30,34)/t27-/m0/s1. The number of benzene rings is 2. The van der Waals surface area contributed by atoms with Crippen LogP contribution in [0.4, 0.5) is 5.69 Å². The minimum absolute atomic E-state index is 0.114. The number of carbonyl (C=O) groups is 2. The van der Waals surface area contributed by atoms with E-state index in [9.17, 15) is 18.0 Å². The Morgan fingerprint density at radius 2 is 1.63 bits per heavy atom. The molecule has 210 valence electrons. The average Bonchev–Trinajstić information content (AvgIpc) is 2.86. The zero-order chi connectivity index (χ0) is 28.3. The molecule has 1 atom stereocenters. The molecule has 2 aromatic carbocycles. The van der Waals surface area contributed by atoms with Gasteiger partial charge in [0, 0.05) is 26.1 Å². The van der Waals surface area contributed by atoms with E-state index >= 15 is 0 Å². The van der Waals surface area contributed by atoms with Crippen LogP contribution in [-0.2, 0) is 26.2 Å². The number of rotatable bonds is 15. The van der Waals surface area contributed by atoms with Gasteiger partial charge in [-0.05, 0) is 62.4 Å². The van der Waals surface area contributed by atoms with Crippen LogP contribution in [0.25, 0.3) is 0 Å². The van der Waals surface area contributed by atoms with Crippen LogP contribution >= 0.6 is 0 Å². The van der Waals surface area contributed by atoms with Gasteiger partial charge in [0.15, 0.2) is 0 Å². The van der Waals surface area contributed by atoms with Gasteiger partial charge in [0.2, 0.25) is 21.8 Å². The molecular formula is C29H43N3O5S. The maximum Gasteiger partial charge on any atom is 0.242 e. The van der Waals surface area contributed by atoms with E-state index < -0.39 is 16.1 Å². The van der Waals surface area contributed by atoms with Crippen LogP contribution in [0.2, 0.25) is 0 Å². The van der Waals surface area contributed by atoms with Crippen LogP contribution in [0, 0.1) is 12.8 Å². The smallest absolute Gasteiger partial charge is 0.242 e. The summed E-state index contributed by atoms with van der Waals surface area (Å²) in [6.45, 7) is 11.3. The van der Waals surface area contributed by atoms with Gasteiger partial charge in [-0.15, -0.1) is 0 Å². The first kappa shape index (κ1) is 31.1. The molecular weight excluding hydrogens is 502 g/mol. The van der Waals surface area contributed by atoms with Crippen LogP contribution in [0.3, 0.4) is 0 Å². The summed E-state index contributed by atoms with van der Waals surface area (Å²) in [5.41, 5.74) is 2.56. The van der Waals surface area contributed by atoms with Crippen molar-refractivity contribution in [3.63, 3.8) is 0 Å². The minimum Gasteiger partial charge on any atom is -0.494 e. The number of amides is 2. The second-order valence-electron chi connectivity index (χ2n) is 9.94. The Labute approximate surface area is 228 Å². The van der Waals surface area contributed by atoms with Crippen molar-refractivity contribution >= 4 is 27.5 Å². The molecule has 2 aromatic rings. The Bertz CT molecular complexity index is 1130. The second kappa shape index (κ2) is 14.8. The number of hydrogen-bond donors (Lipinski definition) is 1. The number of carbonyl (C=O) groups excluding carboxylic acids is 2. The number of nitrogens with zero attached hydrogens (tertiary/aromatic N) is 2. The first-order valence-electron chi connectivity index (χ1n) is 13.3. The summed E-state index contributed by atoms with van der Waals surface area (Å²) in [5.74, 6) is 0.598. The summed E-state index contributed by atoms with van der Waals surface area (Å²) in [5, 5.41) is 2.96. The van der Waals surface area contributed by atoms with Crippen LogP contribution in [0.5, 0.6) is 5.75 Å². The second-order valence-corrected chi connectivity index (χ2v) is 11.8. The largest absolute Gasteiger partial charge is 0.494 e. The highest BCUT2D eigenvalue weighted by molar-refractivity contribution is 7.92. The molecule has 0 saturated carbocycles. The van der Waals surface area contributed by atoms with Crippen LogP contribution < -0.4 is 14.4 Å². The zero-order valence-corrected chi connectivity index (χ0v) is 24.4. The van der Waals surface area contributed by atoms with Crippen molar-refractivity contribution in [2.45, 2.75) is 66.5 Å². The first-order chi connectivity index (χ1) is 18.0. The summed E-state index contributed by atoms with van der Waals surface area (Å²) in [7, 11) is -3.56. The molecule has 0 fully saturated rings. The lowest BCUT2D eigenvalue weighted by Gasteiger charge is -2.31. The molecule has 38 heavy (non-hydrogen) atoms. The zero-order valence-electron chi connectivity index (χ0n) is 23.6. The van der Waals surface area contributed by atoms with E-state index in [0.717, 1.165) is 17.4 Å². The molecule has 0 heterocycles. The molecule has 0 saturated heterocycles. The topological polar surface area (TPSA) is 96.0 Å². The summed E-state index contributed by atoms with van der Waals surface area (Å²) in [6, 6.07) is 14.1. The van der Waals surface area contributed by atoms with Crippen LogP contribution in [0.1, 0.15) is 58.1 Å². The maximum absolute atomic E-state index is 13.5. The van der Waals surface area contributed by atoms with E-state index in [-0.39, 0.29) is 24.8 Å². The summed E-state index contributed by atoms with van der Waals surface area (Å²) in [6.07, 6.45) is 2.06. The van der Waals surface area contributed by atoms with E-state index in [2.05, 4.69) is 5.32 Å². The van der Waals surface area contributed by atoms with Gasteiger partial charge in [0.25, 0.3) is 0 Å². The van der Waals surface area contributed by atoms with Gasteiger partial charge in [-0.1, -0.05) is 50.6 Å². The maximum atomic E-state index is 13.5. The molecule has 8 nitrogen and oxygen atoms in total. The Kier molecular flexibility index (Phi) is 12.1. The Morgan fingerprint density at radius 1 is 1.00 bits per heavy atom. The molecule has 9 heteroatoms. The fourth-order valence-corrected chi connectivity index (χ4v) is 5.08. The van der Waals surface area contributed by atoms with E-state index in [1.807, 2.05) is 58.9 Å². The minimum atomic E-state index is -3.56. The first-order valence-corrected chi connectivity index (χ1v) is 15.1. The third kappa shape index (κ3) is 9.67. The molecule has 0 spiro atoms. The predicted octanol–water partition coefficient (Wildman–Crippen LogP) is 4.52. The van der Waals surface area contributed by atoms with E-state index in [4.69, 9.17) is 4.74 Å². The van der Waals surface area contributed by atoms with Gasteiger partial charge in [-0.25, -0.2) is 8.42 Å². The molecule has 0 aromatic heterocycles. The van der Waals surface area contributed by atoms with E-state index in [1.165, 1.54) is 4.31 Å². The number of anilines is 1. The van der Waals surface area contributed by atoms with E-state index in [0.29, 0.717) is 49.9 Å². The number of aryl methyl sites for hydroxylation is 1. The van der Waals surface area contributed by atoms with Crippen molar-refractivity contribution in [1.82, 2.24) is 10.2 Å². The number of ether oxygens (including phenoxy) is 1. The highest BCUT2D eigenvalue weighted by Crippen LogP contribution is 2.23. The summed E-state index contributed by atoms with van der Waals surface area (Å²) in [4.78, 5) is 28.2. The molecule has 0 aliphatic rings.